The summed E-state index contributed by atoms with van der Waals surface area (Å²) in [7, 11) is 2.76. The second-order valence-corrected chi connectivity index (χ2v) is 7.47. The van der Waals surface area contributed by atoms with Crippen LogP contribution in [-0.2, 0) is 15.7 Å². The van der Waals surface area contributed by atoms with Crippen molar-refractivity contribution in [3.05, 3.63) is 77.6 Å². The minimum atomic E-state index is -4.49. The Hall–Kier alpha value is -4.45. The van der Waals surface area contributed by atoms with E-state index in [1.807, 2.05) is 0 Å². The number of hydrogen-bond donors (Lipinski definition) is 2. The second-order valence-electron chi connectivity index (χ2n) is 7.47. The van der Waals surface area contributed by atoms with Crippen LogP contribution in [0.25, 0.3) is 0 Å². The number of benzene rings is 2. The van der Waals surface area contributed by atoms with Gasteiger partial charge < -0.3 is 24.8 Å². The zero-order chi connectivity index (χ0) is 27.0. The Morgan fingerprint density at radius 3 is 2.27 bits per heavy atom. The number of ether oxygens (including phenoxy) is 3. The molecule has 0 radical (unpaired) electrons. The third-order valence-corrected chi connectivity index (χ3v) is 4.88. The van der Waals surface area contributed by atoms with Crippen LogP contribution in [0.3, 0.4) is 0 Å². The third-order valence-electron chi connectivity index (χ3n) is 4.88. The molecule has 0 aliphatic rings. The van der Waals surface area contributed by atoms with Gasteiger partial charge in [-0.3, -0.25) is 14.4 Å². The van der Waals surface area contributed by atoms with E-state index < -0.39 is 29.5 Å². The number of carbonyl (C=O) groups is 3. The normalized spacial score (nSPS) is 10.9. The number of amides is 2. The topological polar surface area (TPSA) is 116 Å². The van der Waals surface area contributed by atoms with Crippen molar-refractivity contribution in [3.63, 3.8) is 0 Å². The van der Waals surface area contributed by atoms with Gasteiger partial charge in [-0.2, -0.15) is 13.2 Å². The van der Waals surface area contributed by atoms with Gasteiger partial charge in [0.15, 0.2) is 11.4 Å². The van der Waals surface area contributed by atoms with E-state index in [4.69, 9.17) is 14.2 Å². The molecule has 0 aliphatic carbocycles. The molecular weight excluding hydrogens is 495 g/mol. The number of pyridine rings is 1. The molecule has 2 aromatic carbocycles. The fourth-order valence-electron chi connectivity index (χ4n) is 3.08. The van der Waals surface area contributed by atoms with E-state index in [1.54, 1.807) is 0 Å². The van der Waals surface area contributed by atoms with Crippen LogP contribution in [-0.4, -0.2) is 43.6 Å². The predicted octanol–water partition coefficient (Wildman–Crippen LogP) is 4.56. The average Bonchev–Trinajstić information content (AvgIpc) is 2.87. The number of anilines is 2. The number of alkyl halides is 3. The maximum absolute atomic E-state index is 12.9. The summed E-state index contributed by atoms with van der Waals surface area (Å²) >= 11 is 0. The molecule has 0 unspecified atom stereocenters. The standard InChI is InChI=1S/C25H22F3N3O6/c1-35-13-11-20(32)37-22-19(36-2)10-12-29-21(22)24(34)31-18-5-3-4-15(14-18)23(33)30-17-8-6-16(7-9-17)25(26,27)28/h3-10,12,14H,11,13H2,1-2H3,(H,30,33)(H,31,34). The lowest BCUT2D eigenvalue weighted by atomic mass is 10.1. The number of aromatic nitrogens is 1. The predicted molar refractivity (Wildman–Crippen MR) is 127 cm³/mol. The van der Waals surface area contributed by atoms with E-state index in [1.165, 1.54) is 50.7 Å². The molecule has 9 nitrogen and oxygen atoms in total. The molecule has 0 fully saturated rings. The van der Waals surface area contributed by atoms with Crippen LogP contribution in [0.2, 0.25) is 0 Å². The summed E-state index contributed by atoms with van der Waals surface area (Å²) in [5.74, 6) is -2.09. The largest absolute Gasteiger partial charge is 0.493 e. The van der Waals surface area contributed by atoms with E-state index in [-0.39, 0.29) is 47.2 Å². The number of carbonyl (C=O) groups excluding carboxylic acids is 3. The Morgan fingerprint density at radius 1 is 0.919 bits per heavy atom. The summed E-state index contributed by atoms with van der Waals surface area (Å²) in [5.41, 5.74) is -0.573. The Bertz CT molecular complexity index is 1280. The van der Waals surface area contributed by atoms with Gasteiger partial charge in [0.1, 0.15) is 0 Å². The number of esters is 1. The highest BCUT2D eigenvalue weighted by Gasteiger charge is 2.30. The summed E-state index contributed by atoms with van der Waals surface area (Å²) in [4.78, 5) is 41.6. The highest BCUT2D eigenvalue weighted by Crippen LogP contribution is 2.31. The highest BCUT2D eigenvalue weighted by molar-refractivity contribution is 6.08. The molecule has 0 atom stereocenters. The zero-order valence-corrected chi connectivity index (χ0v) is 19.7. The molecule has 1 aromatic heterocycles. The summed E-state index contributed by atoms with van der Waals surface area (Å²) in [6, 6.07) is 11.2. The number of rotatable bonds is 9. The highest BCUT2D eigenvalue weighted by atomic mass is 19.4. The lowest BCUT2D eigenvalue weighted by molar-refractivity contribution is -0.137. The minimum Gasteiger partial charge on any atom is -0.493 e. The molecule has 12 heteroatoms. The van der Waals surface area contributed by atoms with Gasteiger partial charge >= 0.3 is 12.1 Å². The summed E-state index contributed by atoms with van der Waals surface area (Å²) < 4.78 is 53.5. The first-order valence-electron chi connectivity index (χ1n) is 10.7. The third kappa shape index (κ3) is 7.27. The second kappa shape index (κ2) is 12.0. The van der Waals surface area contributed by atoms with Gasteiger partial charge in [0.2, 0.25) is 5.75 Å². The average molecular weight is 517 g/mol. The van der Waals surface area contributed by atoms with Crippen molar-refractivity contribution in [1.29, 1.82) is 0 Å². The molecule has 3 rings (SSSR count). The van der Waals surface area contributed by atoms with Gasteiger partial charge in [-0.25, -0.2) is 4.98 Å². The maximum Gasteiger partial charge on any atom is 0.416 e. The van der Waals surface area contributed by atoms with Crippen molar-refractivity contribution in [3.8, 4) is 11.5 Å². The molecule has 3 aromatic rings. The number of halogens is 3. The molecule has 0 saturated carbocycles. The van der Waals surface area contributed by atoms with Crippen molar-refractivity contribution < 1.29 is 41.8 Å². The molecule has 1 heterocycles. The van der Waals surface area contributed by atoms with Crippen LogP contribution in [0.5, 0.6) is 11.5 Å². The number of nitrogens with zero attached hydrogens (tertiary/aromatic N) is 1. The van der Waals surface area contributed by atoms with Gasteiger partial charge in [0.25, 0.3) is 11.8 Å². The molecule has 0 spiro atoms. The van der Waals surface area contributed by atoms with Crippen molar-refractivity contribution in [2.75, 3.05) is 31.5 Å². The Morgan fingerprint density at radius 2 is 1.62 bits per heavy atom. The van der Waals surface area contributed by atoms with Gasteiger partial charge in [-0.15, -0.1) is 0 Å². The van der Waals surface area contributed by atoms with E-state index >= 15 is 0 Å². The lowest BCUT2D eigenvalue weighted by Gasteiger charge is -2.13. The van der Waals surface area contributed by atoms with Crippen LogP contribution in [0.4, 0.5) is 24.5 Å². The number of methoxy groups -OCH3 is 2. The fourth-order valence-corrected chi connectivity index (χ4v) is 3.08. The molecular formula is C25H22F3N3O6. The van der Waals surface area contributed by atoms with Crippen molar-refractivity contribution in [1.82, 2.24) is 4.98 Å². The van der Waals surface area contributed by atoms with E-state index in [9.17, 15) is 27.6 Å². The number of hydrogen-bond acceptors (Lipinski definition) is 7. The first-order valence-corrected chi connectivity index (χ1v) is 10.7. The fraction of sp³-hybridized carbons (Fsp3) is 0.200. The quantitative estimate of drug-likeness (QED) is 0.400. The zero-order valence-electron chi connectivity index (χ0n) is 19.7. The van der Waals surface area contributed by atoms with E-state index in [2.05, 4.69) is 15.6 Å². The summed E-state index contributed by atoms with van der Waals surface area (Å²) in [6.45, 7) is 0.115. The Kier molecular flexibility index (Phi) is 8.80. The first-order chi connectivity index (χ1) is 17.6. The van der Waals surface area contributed by atoms with Crippen molar-refractivity contribution in [2.45, 2.75) is 12.6 Å². The van der Waals surface area contributed by atoms with Crippen molar-refractivity contribution in [2.24, 2.45) is 0 Å². The number of nitrogens with one attached hydrogen (secondary N) is 2. The van der Waals surface area contributed by atoms with E-state index in [0.29, 0.717) is 0 Å². The smallest absolute Gasteiger partial charge is 0.416 e. The van der Waals surface area contributed by atoms with Crippen LogP contribution in [0.15, 0.2) is 60.8 Å². The SMILES string of the molecule is COCCC(=O)Oc1c(OC)ccnc1C(=O)Nc1cccc(C(=O)Nc2ccc(C(F)(F)F)cc2)c1. The monoisotopic (exact) mass is 517 g/mol. The van der Waals surface area contributed by atoms with Crippen LogP contribution >= 0.6 is 0 Å². The first kappa shape index (κ1) is 27.1. The van der Waals surface area contributed by atoms with Crippen LogP contribution in [0, 0.1) is 0 Å². The van der Waals surface area contributed by atoms with Gasteiger partial charge in [-0.1, -0.05) is 6.07 Å². The van der Waals surface area contributed by atoms with Crippen LogP contribution < -0.4 is 20.1 Å². The molecule has 2 N–H and O–H groups in total. The van der Waals surface area contributed by atoms with Gasteiger partial charge in [0, 0.05) is 36.3 Å². The summed E-state index contributed by atoms with van der Waals surface area (Å²) in [5, 5.41) is 5.07. The molecule has 37 heavy (non-hydrogen) atoms. The molecule has 0 aliphatic heterocycles. The molecule has 0 bridgehead atoms. The molecule has 194 valence electrons. The lowest BCUT2D eigenvalue weighted by Crippen LogP contribution is -2.19. The summed E-state index contributed by atoms with van der Waals surface area (Å²) in [6.07, 6.45) is -3.26. The van der Waals surface area contributed by atoms with Gasteiger partial charge in [0.05, 0.1) is 25.7 Å². The Balaban J connectivity index is 1.75. The Labute approximate surface area is 209 Å². The molecule has 2 amide bonds. The van der Waals surface area contributed by atoms with Crippen molar-refractivity contribution >= 4 is 29.2 Å². The maximum atomic E-state index is 12.9. The minimum absolute atomic E-state index is 0.0638. The van der Waals surface area contributed by atoms with E-state index in [0.717, 1.165) is 24.3 Å². The van der Waals surface area contributed by atoms with Crippen LogP contribution in [0.1, 0.15) is 32.8 Å². The van der Waals surface area contributed by atoms with Gasteiger partial charge in [-0.05, 0) is 42.5 Å². The molecule has 0 saturated heterocycles.